The first-order chi connectivity index (χ1) is 12.2. The van der Waals surface area contributed by atoms with Crippen molar-refractivity contribution < 1.29 is 4.79 Å². The molecule has 0 bridgehead atoms. The number of fused-ring (bicyclic) bond motifs is 1. The number of halogens is 2. The molecule has 10 heteroatoms. The van der Waals surface area contributed by atoms with Crippen LogP contribution in [0.4, 0.5) is 5.95 Å². The second-order valence-corrected chi connectivity index (χ2v) is 6.64. The molecular formula is C16H15Cl2N5O3. The number of anilines is 1. The first-order valence-corrected chi connectivity index (χ1v) is 8.34. The molecule has 3 aromatic rings. The minimum atomic E-state index is -0.527. The zero-order chi connectivity index (χ0) is 19.2. The highest BCUT2D eigenvalue weighted by molar-refractivity contribution is 6.42. The lowest BCUT2D eigenvalue weighted by Crippen LogP contribution is -2.39. The van der Waals surface area contributed by atoms with E-state index < -0.39 is 11.2 Å². The number of nitrogens with one attached hydrogen (secondary N) is 1. The lowest BCUT2D eigenvalue weighted by molar-refractivity contribution is -0.114. The molecule has 0 aliphatic heterocycles. The molecule has 0 spiro atoms. The number of hydrogen-bond acceptors (Lipinski definition) is 4. The van der Waals surface area contributed by atoms with Gasteiger partial charge in [0.05, 0.1) is 16.6 Å². The van der Waals surface area contributed by atoms with Crippen LogP contribution < -0.4 is 16.6 Å². The van der Waals surface area contributed by atoms with Gasteiger partial charge < -0.3 is 4.57 Å². The Morgan fingerprint density at radius 3 is 2.46 bits per heavy atom. The first kappa shape index (κ1) is 18.2. The number of aryl methyl sites for hydroxylation is 2. The van der Waals surface area contributed by atoms with Crippen LogP contribution in [0.3, 0.4) is 0 Å². The molecule has 2 heterocycles. The Kier molecular flexibility index (Phi) is 4.64. The Hall–Kier alpha value is -2.58. The summed E-state index contributed by atoms with van der Waals surface area (Å²) in [5.41, 5.74) is 0.0107. The standard InChI is InChI=1S/C16H15Cl2N5O3/c1-8(24)19-15-20-13-12(21(15)2)14(25)23(16(26)22(13)3)7-9-4-5-10(17)11(18)6-9/h4-6H,7H2,1-3H3,(H,19,20,24). The van der Waals surface area contributed by atoms with Gasteiger partial charge in [-0.15, -0.1) is 0 Å². The van der Waals surface area contributed by atoms with Crippen LogP contribution in [0.5, 0.6) is 0 Å². The summed E-state index contributed by atoms with van der Waals surface area (Å²) in [5.74, 6) is -0.142. The van der Waals surface area contributed by atoms with E-state index in [0.717, 1.165) is 4.57 Å². The summed E-state index contributed by atoms with van der Waals surface area (Å²) in [5, 5.41) is 3.26. The molecule has 0 aliphatic rings. The van der Waals surface area contributed by atoms with E-state index in [-0.39, 0.29) is 29.6 Å². The van der Waals surface area contributed by atoms with Crippen molar-refractivity contribution >= 4 is 46.2 Å². The minimum absolute atomic E-state index is 0.0268. The van der Waals surface area contributed by atoms with Crippen LogP contribution in [-0.4, -0.2) is 24.6 Å². The predicted molar refractivity (Wildman–Crippen MR) is 100 cm³/mol. The van der Waals surface area contributed by atoms with Gasteiger partial charge in [0.15, 0.2) is 11.2 Å². The highest BCUT2D eigenvalue weighted by Gasteiger charge is 2.19. The van der Waals surface area contributed by atoms with Gasteiger partial charge >= 0.3 is 5.69 Å². The molecule has 0 unspecified atom stereocenters. The maximum absolute atomic E-state index is 12.9. The highest BCUT2D eigenvalue weighted by atomic mass is 35.5. The van der Waals surface area contributed by atoms with E-state index in [1.807, 2.05) is 0 Å². The van der Waals surface area contributed by atoms with Crippen molar-refractivity contribution in [3.05, 3.63) is 54.6 Å². The summed E-state index contributed by atoms with van der Waals surface area (Å²) in [4.78, 5) is 41.0. The third-order valence-electron chi connectivity index (χ3n) is 3.97. The first-order valence-electron chi connectivity index (χ1n) is 7.58. The predicted octanol–water partition coefficient (Wildman–Crippen LogP) is 1.75. The fourth-order valence-corrected chi connectivity index (χ4v) is 2.99. The molecule has 8 nitrogen and oxygen atoms in total. The molecule has 1 amide bonds. The average molecular weight is 396 g/mol. The Morgan fingerprint density at radius 2 is 1.85 bits per heavy atom. The molecule has 3 rings (SSSR count). The van der Waals surface area contributed by atoms with Crippen molar-refractivity contribution in [2.24, 2.45) is 14.1 Å². The molecule has 136 valence electrons. The summed E-state index contributed by atoms with van der Waals surface area (Å²) < 4.78 is 3.80. The summed E-state index contributed by atoms with van der Waals surface area (Å²) >= 11 is 11.9. The Morgan fingerprint density at radius 1 is 1.15 bits per heavy atom. The number of nitrogens with zero attached hydrogens (tertiary/aromatic N) is 4. The van der Waals surface area contributed by atoms with Crippen molar-refractivity contribution in [3.63, 3.8) is 0 Å². The molecule has 0 atom stereocenters. The van der Waals surface area contributed by atoms with Crippen molar-refractivity contribution in [2.75, 3.05) is 5.32 Å². The molecule has 1 aromatic carbocycles. The SMILES string of the molecule is CC(=O)Nc1nc2c(c(=O)n(Cc3ccc(Cl)c(Cl)c3)c(=O)n2C)n1C. The van der Waals surface area contributed by atoms with Crippen LogP contribution in [0.25, 0.3) is 11.2 Å². The molecule has 0 fully saturated rings. The summed E-state index contributed by atoms with van der Waals surface area (Å²) in [6.07, 6.45) is 0. The quantitative estimate of drug-likeness (QED) is 0.730. The van der Waals surface area contributed by atoms with Crippen LogP contribution >= 0.6 is 23.2 Å². The second-order valence-electron chi connectivity index (χ2n) is 5.83. The average Bonchev–Trinajstić information content (AvgIpc) is 2.89. The molecule has 0 saturated heterocycles. The Labute approximate surface area is 157 Å². The topological polar surface area (TPSA) is 90.9 Å². The third kappa shape index (κ3) is 3.02. The van der Waals surface area contributed by atoms with E-state index >= 15 is 0 Å². The molecule has 0 saturated carbocycles. The Balaban J connectivity index is 2.21. The van der Waals surface area contributed by atoms with Gasteiger partial charge in [-0.2, -0.15) is 4.98 Å². The number of rotatable bonds is 3. The van der Waals surface area contributed by atoms with Crippen LogP contribution in [0.1, 0.15) is 12.5 Å². The normalized spacial score (nSPS) is 11.1. The van der Waals surface area contributed by atoms with E-state index in [9.17, 15) is 14.4 Å². The van der Waals surface area contributed by atoms with Crippen molar-refractivity contribution in [1.29, 1.82) is 0 Å². The van der Waals surface area contributed by atoms with E-state index in [1.165, 1.54) is 23.1 Å². The maximum Gasteiger partial charge on any atom is 0.332 e. The molecule has 1 N–H and O–H groups in total. The summed E-state index contributed by atoms with van der Waals surface area (Å²) in [6.45, 7) is 1.36. The van der Waals surface area contributed by atoms with Gasteiger partial charge in [0.2, 0.25) is 11.9 Å². The molecule has 2 aromatic heterocycles. The lowest BCUT2D eigenvalue weighted by atomic mass is 10.2. The van der Waals surface area contributed by atoms with Gasteiger partial charge in [-0.25, -0.2) is 4.79 Å². The fraction of sp³-hybridized carbons (Fsp3) is 0.250. The lowest BCUT2D eigenvalue weighted by Gasteiger charge is -2.09. The number of imidazole rings is 1. The molecular weight excluding hydrogens is 381 g/mol. The van der Waals surface area contributed by atoms with Gasteiger partial charge in [0.1, 0.15) is 0 Å². The number of hydrogen-bond donors (Lipinski definition) is 1. The highest BCUT2D eigenvalue weighted by Crippen LogP contribution is 2.22. The van der Waals surface area contributed by atoms with E-state index in [1.54, 1.807) is 25.2 Å². The number of benzene rings is 1. The van der Waals surface area contributed by atoms with Gasteiger partial charge in [0.25, 0.3) is 5.56 Å². The van der Waals surface area contributed by atoms with Crippen LogP contribution in [0.15, 0.2) is 27.8 Å². The number of aromatic nitrogens is 4. The third-order valence-corrected chi connectivity index (χ3v) is 4.71. The fourth-order valence-electron chi connectivity index (χ4n) is 2.67. The minimum Gasteiger partial charge on any atom is -0.307 e. The van der Waals surface area contributed by atoms with E-state index in [4.69, 9.17) is 23.2 Å². The van der Waals surface area contributed by atoms with E-state index in [2.05, 4.69) is 10.3 Å². The smallest absolute Gasteiger partial charge is 0.307 e. The zero-order valence-electron chi connectivity index (χ0n) is 14.2. The zero-order valence-corrected chi connectivity index (χ0v) is 15.7. The maximum atomic E-state index is 12.9. The second kappa shape index (κ2) is 6.62. The van der Waals surface area contributed by atoms with Crippen molar-refractivity contribution in [1.82, 2.24) is 18.7 Å². The summed E-state index contributed by atoms with van der Waals surface area (Å²) in [7, 11) is 3.11. The van der Waals surface area contributed by atoms with Crippen LogP contribution in [-0.2, 0) is 25.4 Å². The van der Waals surface area contributed by atoms with Gasteiger partial charge in [-0.05, 0) is 17.7 Å². The summed E-state index contributed by atoms with van der Waals surface area (Å²) in [6, 6.07) is 4.90. The molecule has 26 heavy (non-hydrogen) atoms. The largest absolute Gasteiger partial charge is 0.332 e. The molecule has 0 radical (unpaired) electrons. The van der Waals surface area contributed by atoms with Gasteiger partial charge in [0, 0.05) is 21.0 Å². The van der Waals surface area contributed by atoms with Crippen LogP contribution in [0, 0.1) is 0 Å². The Bertz CT molecular complexity index is 1160. The number of amides is 1. The monoisotopic (exact) mass is 395 g/mol. The van der Waals surface area contributed by atoms with Crippen molar-refractivity contribution in [3.8, 4) is 0 Å². The van der Waals surface area contributed by atoms with Crippen molar-refractivity contribution in [2.45, 2.75) is 13.5 Å². The van der Waals surface area contributed by atoms with Gasteiger partial charge in [-0.1, -0.05) is 29.3 Å². The van der Waals surface area contributed by atoms with Gasteiger partial charge in [-0.3, -0.25) is 24.0 Å². The molecule has 0 aliphatic carbocycles. The van der Waals surface area contributed by atoms with E-state index in [0.29, 0.717) is 15.6 Å². The van der Waals surface area contributed by atoms with Crippen LogP contribution in [0.2, 0.25) is 10.0 Å². The number of carbonyl (C=O) groups excluding carboxylic acids is 1. The number of carbonyl (C=O) groups is 1.